The van der Waals surface area contributed by atoms with Crippen molar-refractivity contribution in [2.75, 3.05) is 12.4 Å². The van der Waals surface area contributed by atoms with Gasteiger partial charge in [0.05, 0.1) is 17.3 Å². The molecule has 130 valence electrons. The molecule has 0 aliphatic carbocycles. The molecule has 4 rings (SSSR count). The van der Waals surface area contributed by atoms with Crippen LogP contribution in [-0.2, 0) is 6.54 Å². The van der Waals surface area contributed by atoms with Crippen LogP contribution in [0.4, 0.5) is 5.13 Å². The molecule has 0 unspecified atom stereocenters. The van der Waals surface area contributed by atoms with Gasteiger partial charge in [-0.25, -0.2) is 4.98 Å². The molecular formula is C20H17N3O2S. The molecule has 4 aromatic rings. The van der Waals surface area contributed by atoms with E-state index in [4.69, 9.17) is 4.74 Å². The molecule has 0 aliphatic heterocycles. The third-order valence-electron chi connectivity index (χ3n) is 4.07. The Labute approximate surface area is 154 Å². The molecule has 26 heavy (non-hydrogen) atoms. The average Bonchev–Trinajstić information content (AvgIpc) is 3.28. The quantitative estimate of drug-likeness (QED) is 0.571. The molecule has 0 bridgehead atoms. The topological polar surface area (TPSA) is 56.1 Å². The zero-order valence-electron chi connectivity index (χ0n) is 14.2. The van der Waals surface area contributed by atoms with E-state index in [1.54, 1.807) is 7.11 Å². The van der Waals surface area contributed by atoms with E-state index < -0.39 is 0 Å². The first-order valence-corrected chi connectivity index (χ1v) is 8.99. The summed E-state index contributed by atoms with van der Waals surface area (Å²) in [6, 6.07) is 19.4. The number of benzene rings is 2. The smallest absolute Gasteiger partial charge is 0.274 e. The largest absolute Gasteiger partial charge is 0.497 e. The number of anilines is 1. The SMILES string of the molecule is COc1ccc2nc(NC(=O)c3cccn3Cc3ccccc3)sc2c1. The summed E-state index contributed by atoms with van der Waals surface area (Å²) in [5.41, 5.74) is 2.58. The fourth-order valence-corrected chi connectivity index (χ4v) is 3.67. The summed E-state index contributed by atoms with van der Waals surface area (Å²) in [7, 11) is 1.63. The van der Waals surface area contributed by atoms with Crippen LogP contribution in [0, 0.1) is 0 Å². The Morgan fingerprint density at radius 3 is 2.81 bits per heavy atom. The number of fused-ring (bicyclic) bond motifs is 1. The van der Waals surface area contributed by atoms with Gasteiger partial charge in [-0.1, -0.05) is 41.7 Å². The summed E-state index contributed by atoms with van der Waals surface area (Å²) < 4.78 is 8.14. The lowest BCUT2D eigenvalue weighted by Crippen LogP contribution is -2.17. The van der Waals surface area contributed by atoms with Crippen LogP contribution in [0.5, 0.6) is 5.75 Å². The summed E-state index contributed by atoms with van der Waals surface area (Å²) in [6.07, 6.45) is 1.91. The van der Waals surface area contributed by atoms with Crippen LogP contribution in [-0.4, -0.2) is 22.6 Å². The second kappa shape index (κ2) is 7.01. The minimum Gasteiger partial charge on any atom is -0.497 e. The van der Waals surface area contributed by atoms with Gasteiger partial charge in [-0.05, 0) is 35.9 Å². The van der Waals surface area contributed by atoms with Crippen LogP contribution in [0.25, 0.3) is 10.2 Å². The molecule has 2 aromatic heterocycles. The zero-order chi connectivity index (χ0) is 17.9. The highest BCUT2D eigenvalue weighted by Crippen LogP contribution is 2.29. The number of methoxy groups -OCH3 is 1. The first kappa shape index (κ1) is 16.4. The number of rotatable bonds is 5. The van der Waals surface area contributed by atoms with Gasteiger partial charge in [-0.2, -0.15) is 0 Å². The molecule has 6 heteroatoms. The average molecular weight is 363 g/mol. The van der Waals surface area contributed by atoms with E-state index in [-0.39, 0.29) is 5.91 Å². The molecule has 1 N–H and O–H groups in total. The Hall–Kier alpha value is -3.12. The van der Waals surface area contributed by atoms with E-state index in [1.807, 2.05) is 71.4 Å². The fraction of sp³-hybridized carbons (Fsp3) is 0.100. The number of thiazole rings is 1. The molecule has 0 saturated carbocycles. The molecule has 0 radical (unpaired) electrons. The first-order valence-electron chi connectivity index (χ1n) is 8.18. The third-order valence-corrected chi connectivity index (χ3v) is 5.01. The highest BCUT2D eigenvalue weighted by molar-refractivity contribution is 7.22. The van der Waals surface area contributed by atoms with Gasteiger partial charge < -0.3 is 9.30 Å². The van der Waals surface area contributed by atoms with E-state index >= 15 is 0 Å². The van der Waals surface area contributed by atoms with Crippen molar-refractivity contribution in [2.24, 2.45) is 0 Å². The second-order valence-corrected chi connectivity index (χ2v) is 6.84. The van der Waals surface area contributed by atoms with Crippen molar-refractivity contribution in [3.63, 3.8) is 0 Å². The van der Waals surface area contributed by atoms with Gasteiger partial charge in [-0.3, -0.25) is 10.1 Å². The predicted molar refractivity (Wildman–Crippen MR) is 104 cm³/mol. The van der Waals surface area contributed by atoms with Gasteiger partial charge in [0.15, 0.2) is 5.13 Å². The Balaban J connectivity index is 1.54. The summed E-state index contributed by atoms with van der Waals surface area (Å²) in [5, 5.41) is 3.48. The highest BCUT2D eigenvalue weighted by Gasteiger charge is 2.14. The molecule has 2 heterocycles. The molecular weight excluding hydrogens is 346 g/mol. The number of amides is 1. The number of aromatic nitrogens is 2. The number of carbonyl (C=O) groups is 1. The van der Waals surface area contributed by atoms with Crippen molar-refractivity contribution in [3.05, 3.63) is 78.1 Å². The number of nitrogens with one attached hydrogen (secondary N) is 1. The second-order valence-electron chi connectivity index (χ2n) is 5.81. The monoisotopic (exact) mass is 363 g/mol. The first-order chi connectivity index (χ1) is 12.7. The number of hydrogen-bond donors (Lipinski definition) is 1. The molecule has 0 atom stereocenters. The summed E-state index contributed by atoms with van der Waals surface area (Å²) in [6.45, 7) is 0.646. The molecule has 0 fully saturated rings. The summed E-state index contributed by atoms with van der Waals surface area (Å²) in [4.78, 5) is 17.2. The van der Waals surface area contributed by atoms with Gasteiger partial charge in [-0.15, -0.1) is 0 Å². The number of ether oxygens (including phenoxy) is 1. The van der Waals surface area contributed by atoms with Gasteiger partial charge >= 0.3 is 0 Å². The molecule has 5 nitrogen and oxygen atoms in total. The normalized spacial score (nSPS) is 10.8. The third kappa shape index (κ3) is 3.32. The van der Waals surface area contributed by atoms with Crippen LogP contribution in [0.15, 0.2) is 66.9 Å². The molecule has 0 saturated heterocycles. The summed E-state index contributed by atoms with van der Waals surface area (Å²) >= 11 is 1.43. The van der Waals surface area contributed by atoms with E-state index in [2.05, 4.69) is 10.3 Å². The van der Waals surface area contributed by atoms with Gasteiger partial charge in [0, 0.05) is 12.7 Å². The van der Waals surface area contributed by atoms with Crippen LogP contribution in [0.2, 0.25) is 0 Å². The predicted octanol–water partition coefficient (Wildman–Crippen LogP) is 4.41. The number of nitrogens with zero attached hydrogens (tertiary/aromatic N) is 2. The molecule has 0 spiro atoms. The Bertz CT molecular complexity index is 1050. The van der Waals surface area contributed by atoms with Crippen LogP contribution in [0.3, 0.4) is 0 Å². The van der Waals surface area contributed by atoms with Crippen molar-refractivity contribution in [1.29, 1.82) is 0 Å². The van der Waals surface area contributed by atoms with E-state index in [0.717, 1.165) is 21.5 Å². The Morgan fingerprint density at radius 1 is 1.15 bits per heavy atom. The van der Waals surface area contributed by atoms with Crippen LogP contribution in [0.1, 0.15) is 16.1 Å². The summed E-state index contributed by atoms with van der Waals surface area (Å²) in [5.74, 6) is 0.604. The lowest BCUT2D eigenvalue weighted by molar-refractivity contribution is 0.101. The minimum atomic E-state index is -0.169. The maximum Gasteiger partial charge on any atom is 0.274 e. The number of carbonyl (C=O) groups excluding carboxylic acids is 1. The van der Waals surface area contributed by atoms with E-state index in [0.29, 0.717) is 17.4 Å². The standard InChI is InChI=1S/C20H17N3O2S/c1-25-15-9-10-16-18(12-15)26-20(21-16)22-19(24)17-8-5-11-23(17)13-14-6-3-2-4-7-14/h2-12H,13H2,1H3,(H,21,22,24). The minimum absolute atomic E-state index is 0.169. The van der Waals surface area contributed by atoms with Gasteiger partial charge in [0.2, 0.25) is 0 Å². The fourth-order valence-electron chi connectivity index (χ4n) is 2.78. The van der Waals surface area contributed by atoms with Crippen molar-refractivity contribution in [3.8, 4) is 5.75 Å². The Kier molecular flexibility index (Phi) is 4.41. The van der Waals surface area contributed by atoms with Crippen molar-refractivity contribution in [2.45, 2.75) is 6.54 Å². The van der Waals surface area contributed by atoms with Crippen LogP contribution < -0.4 is 10.1 Å². The molecule has 1 amide bonds. The Morgan fingerprint density at radius 2 is 2.00 bits per heavy atom. The maximum atomic E-state index is 12.7. The maximum absolute atomic E-state index is 12.7. The molecule has 2 aromatic carbocycles. The lowest BCUT2D eigenvalue weighted by atomic mass is 10.2. The number of hydrogen-bond acceptors (Lipinski definition) is 4. The van der Waals surface area contributed by atoms with Crippen molar-refractivity contribution < 1.29 is 9.53 Å². The van der Waals surface area contributed by atoms with Crippen LogP contribution >= 0.6 is 11.3 Å². The van der Waals surface area contributed by atoms with Crippen molar-refractivity contribution in [1.82, 2.24) is 9.55 Å². The zero-order valence-corrected chi connectivity index (χ0v) is 15.0. The van der Waals surface area contributed by atoms with Crippen molar-refractivity contribution >= 4 is 32.6 Å². The van der Waals surface area contributed by atoms with Gasteiger partial charge in [0.1, 0.15) is 11.4 Å². The molecule has 0 aliphatic rings. The van der Waals surface area contributed by atoms with E-state index in [9.17, 15) is 4.79 Å². The lowest BCUT2D eigenvalue weighted by Gasteiger charge is -2.08. The highest BCUT2D eigenvalue weighted by atomic mass is 32.1. The van der Waals surface area contributed by atoms with E-state index in [1.165, 1.54) is 11.3 Å². The van der Waals surface area contributed by atoms with Gasteiger partial charge in [0.25, 0.3) is 5.91 Å².